The molecule has 1 aromatic rings. The molecule has 0 aliphatic rings. The predicted octanol–water partition coefficient (Wildman–Crippen LogP) is 1.88. The molecule has 11 heavy (non-hydrogen) atoms. The summed E-state index contributed by atoms with van der Waals surface area (Å²) in [6, 6.07) is 7.76. The number of rotatable bonds is 2. The van der Waals surface area contributed by atoms with Gasteiger partial charge in [0.25, 0.3) is 0 Å². The minimum atomic E-state index is 0.720. The smallest absolute Gasteiger partial charge is 0.0485 e. The minimum absolute atomic E-state index is 0.720. The molecule has 0 aliphatic carbocycles. The fraction of sp³-hybridized carbons (Fsp3) is 0. The van der Waals surface area contributed by atoms with Gasteiger partial charge >= 0.3 is 0 Å². The number of nitrogens with one attached hydrogen (secondary N) is 1. The summed E-state index contributed by atoms with van der Waals surface area (Å²) in [5.41, 5.74) is 4.21. The Morgan fingerprint density at radius 1 is 1.36 bits per heavy atom. The molecule has 3 heteroatoms. The molecule has 0 saturated carbocycles. The van der Waals surface area contributed by atoms with Crippen molar-refractivity contribution < 1.29 is 0 Å². The zero-order chi connectivity index (χ0) is 8.27. The van der Waals surface area contributed by atoms with Gasteiger partial charge in [0, 0.05) is 10.2 Å². The summed E-state index contributed by atoms with van der Waals surface area (Å²) in [6.07, 6.45) is 0. The van der Waals surface area contributed by atoms with Crippen molar-refractivity contribution in [2.75, 3.05) is 0 Å². The van der Waals surface area contributed by atoms with Crippen molar-refractivity contribution in [3.8, 4) is 0 Å². The first-order valence-corrected chi connectivity index (χ1v) is 3.95. The first-order valence-electron chi connectivity index (χ1n) is 3.15. The van der Waals surface area contributed by atoms with Gasteiger partial charge in [-0.2, -0.15) is 0 Å². The molecule has 0 aliphatic heterocycles. The van der Waals surface area contributed by atoms with Crippen molar-refractivity contribution in [3.05, 3.63) is 40.9 Å². The fourth-order valence-electron chi connectivity index (χ4n) is 0.734. The number of hydrazine groups is 1. The van der Waals surface area contributed by atoms with Crippen LogP contribution >= 0.6 is 15.9 Å². The third-order valence-electron chi connectivity index (χ3n) is 1.37. The van der Waals surface area contributed by atoms with Crippen LogP contribution in [0, 0.1) is 0 Å². The third kappa shape index (κ3) is 2.06. The highest BCUT2D eigenvalue weighted by molar-refractivity contribution is 9.10. The molecule has 2 nitrogen and oxygen atoms in total. The first kappa shape index (κ1) is 8.30. The highest BCUT2D eigenvalue weighted by Crippen LogP contribution is 2.13. The van der Waals surface area contributed by atoms with Crippen molar-refractivity contribution in [2.24, 2.45) is 5.84 Å². The van der Waals surface area contributed by atoms with Crippen molar-refractivity contribution in [2.45, 2.75) is 0 Å². The fourth-order valence-corrected chi connectivity index (χ4v) is 0.999. The summed E-state index contributed by atoms with van der Waals surface area (Å²) in [6.45, 7) is 3.72. The van der Waals surface area contributed by atoms with Crippen LogP contribution in [-0.4, -0.2) is 0 Å². The van der Waals surface area contributed by atoms with Gasteiger partial charge in [0.15, 0.2) is 0 Å². The van der Waals surface area contributed by atoms with Gasteiger partial charge in [-0.15, -0.1) is 0 Å². The Labute approximate surface area is 74.2 Å². The lowest BCUT2D eigenvalue weighted by atomic mass is 10.2. The molecular weight excluding hydrogens is 204 g/mol. The van der Waals surface area contributed by atoms with Crippen LogP contribution in [0.1, 0.15) is 5.56 Å². The van der Waals surface area contributed by atoms with Gasteiger partial charge in [0.1, 0.15) is 0 Å². The maximum Gasteiger partial charge on any atom is 0.0485 e. The summed E-state index contributed by atoms with van der Waals surface area (Å²) in [5.74, 6) is 5.18. The summed E-state index contributed by atoms with van der Waals surface area (Å²) in [4.78, 5) is 0. The van der Waals surface area contributed by atoms with Crippen molar-refractivity contribution in [1.29, 1.82) is 0 Å². The molecule has 0 heterocycles. The monoisotopic (exact) mass is 212 g/mol. The molecule has 0 radical (unpaired) electrons. The third-order valence-corrected chi connectivity index (χ3v) is 1.90. The van der Waals surface area contributed by atoms with Gasteiger partial charge < -0.3 is 5.43 Å². The number of hydrogen-bond donors (Lipinski definition) is 2. The Bertz CT molecular complexity index is 253. The van der Waals surface area contributed by atoms with E-state index >= 15 is 0 Å². The van der Waals surface area contributed by atoms with Crippen LogP contribution in [0.15, 0.2) is 35.3 Å². The average molecular weight is 213 g/mol. The van der Waals surface area contributed by atoms with Gasteiger partial charge in [-0.05, 0) is 17.7 Å². The van der Waals surface area contributed by atoms with E-state index in [2.05, 4.69) is 27.9 Å². The molecule has 1 aromatic carbocycles. The van der Waals surface area contributed by atoms with Crippen LogP contribution in [0.2, 0.25) is 0 Å². The van der Waals surface area contributed by atoms with E-state index in [1.165, 1.54) is 0 Å². The lowest BCUT2D eigenvalue weighted by Gasteiger charge is -2.03. The molecule has 1 rings (SSSR count). The predicted molar refractivity (Wildman–Crippen MR) is 50.5 cm³/mol. The van der Waals surface area contributed by atoms with Crippen LogP contribution in [-0.2, 0) is 0 Å². The molecule has 0 saturated heterocycles. The highest BCUT2D eigenvalue weighted by Gasteiger charge is 1.94. The van der Waals surface area contributed by atoms with E-state index in [9.17, 15) is 0 Å². The maximum atomic E-state index is 5.18. The van der Waals surface area contributed by atoms with Crippen LogP contribution in [0.4, 0.5) is 0 Å². The molecule has 3 N–H and O–H groups in total. The number of nitrogens with two attached hydrogens (primary N) is 1. The lowest BCUT2D eigenvalue weighted by Crippen LogP contribution is -2.18. The minimum Gasteiger partial charge on any atom is -0.324 e. The Balaban J connectivity index is 2.90. The van der Waals surface area contributed by atoms with E-state index in [1.54, 1.807) is 0 Å². The van der Waals surface area contributed by atoms with E-state index in [4.69, 9.17) is 5.84 Å². The number of benzene rings is 1. The Morgan fingerprint density at radius 2 is 1.91 bits per heavy atom. The molecule has 0 amide bonds. The number of hydrogen-bond acceptors (Lipinski definition) is 2. The van der Waals surface area contributed by atoms with Crippen molar-refractivity contribution in [3.63, 3.8) is 0 Å². The van der Waals surface area contributed by atoms with Gasteiger partial charge in [-0.3, -0.25) is 5.84 Å². The van der Waals surface area contributed by atoms with Crippen LogP contribution in [0.3, 0.4) is 0 Å². The van der Waals surface area contributed by atoms with Gasteiger partial charge in [0.2, 0.25) is 0 Å². The highest BCUT2D eigenvalue weighted by atomic mass is 79.9. The van der Waals surface area contributed by atoms with E-state index in [-0.39, 0.29) is 0 Å². The summed E-state index contributed by atoms with van der Waals surface area (Å²) in [5, 5.41) is 0. The molecule has 0 spiro atoms. The first-order chi connectivity index (χ1) is 5.24. The van der Waals surface area contributed by atoms with E-state index in [0.29, 0.717) is 0 Å². The SMILES string of the molecule is C=C(NN)c1ccc(Br)cc1. The number of halogens is 1. The maximum absolute atomic E-state index is 5.18. The summed E-state index contributed by atoms with van der Waals surface area (Å²) >= 11 is 3.34. The summed E-state index contributed by atoms with van der Waals surface area (Å²) in [7, 11) is 0. The zero-order valence-electron chi connectivity index (χ0n) is 5.97. The van der Waals surface area contributed by atoms with Crippen molar-refractivity contribution in [1.82, 2.24) is 5.43 Å². The Kier molecular flexibility index (Phi) is 2.68. The van der Waals surface area contributed by atoms with Crippen molar-refractivity contribution >= 4 is 21.6 Å². The quantitative estimate of drug-likeness (QED) is 0.581. The largest absolute Gasteiger partial charge is 0.324 e. The molecule has 58 valence electrons. The average Bonchev–Trinajstić information content (AvgIpc) is 2.05. The van der Waals surface area contributed by atoms with Gasteiger partial charge in [0.05, 0.1) is 0 Å². The second-order valence-corrected chi connectivity index (χ2v) is 3.05. The molecule has 0 unspecified atom stereocenters. The van der Waals surface area contributed by atoms with Gasteiger partial charge in [-0.25, -0.2) is 0 Å². The molecule has 0 fully saturated rings. The Hall–Kier alpha value is -0.800. The van der Waals surface area contributed by atoms with E-state index in [1.807, 2.05) is 24.3 Å². The zero-order valence-corrected chi connectivity index (χ0v) is 7.56. The molecule has 0 bridgehead atoms. The van der Waals surface area contributed by atoms with Crippen LogP contribution in [0.5, 0.6) is 0 Å². The standard InChI is InChI=1S/C8H9BrN2/c1-6(11-10)7-2-4-8(9)5-3-7/h2-5,11H,1,10H2. The van der Waals surface area contributed by atoms with E-state index in [0.717, 1.165) is 15.7 Å². The Morgan fingerprint density at radius 3 is 2.36 bits per heavy atom. The summed E-state index contributed by atoms with van der Waals surface area (Å²) < 4.78 is 1.05. The van der Waals surface area contributed by atoms with Crippen LogP contribution in [0.25, 0.3) is 5.70 Å². The van der Waals surface area contributed by atoms with E-state index < -0.39 is 0 Å². The second kappa shape index (κ2) is 3.55. The topological polar surface area (TPSA) is 38.0 Å². The lowest BCUT2D eigenvalue weighted by molar-refractivity contribution is 0.995. The normalized spacial score (nSPS) is 9.27. The van der Waals surface area contributed by atoms with Gasteiger partial charge in [-0.1, -0.05) is 34.6 Å². The second-order valence-electron chi connectivity index (χ2n) is 2.13. The molecular formula is C8H9BrN2. The molecule has 0 aromatic heterocycles. The van der Waals surface area contributed by atoms with Crippen LogP contribution < -0.4 is 11.3 Å². The molecule has 0 atom stereocenters.